The smallest absolute Gasteiger partial charge is 0.231 e. The van der Waals surface area contributed by atoms with E-state index in [1.807, 2.05) is 23.9 Å². The monoisotopic (exact) mass is 288 g/mol. The average molecular weight is 289 g/mol. The van der Waals surface area contributed by atoms with Gasteiger partial charge in [-0.2, -0.15) is 0 Å². The molecular formula is C15H13ClN2O2. The second-order valence-electron chi connectivity index (χ2n) is 4.92. The molecule has 1 aliphatic rings. The molecule has 0 saturated carbocycles. The van der Waals surface area contributed by atoms with Gasteiger partial charge in [0.25, 0.3) is 0 Å². The molecule has 0 aliphatic carbocycles. The van der Waals surface area contributed by atoms with Crippen LogP contribution in [-0.2, 0) is 18.3 Å². The van der Waals surface area contributed by atoms with E-state index >= 15 is 0 Å². The molecule has 4 nitrogen and oxygen atoms in total. The van der Waals surface area contributed by atoms with Gasteiger partial charge in [0.05, 0.1) is 13.0 Å². The van der Waals surface area contributed by atoms with E-state index in [2.05, 4.69) is 0 Å². The molecule has 1 aromatic heterocycles. The molecule has 0 radical (unpaired) electrons. The lowest BCUT2D eigenvalue weighted by Gasteiger charge is -2.16. The second kappa shape index (κ2) is 4.80. The predicted molar refractivity (Wildman–Crippen MR) is 77.3 cm³/mol. The van der Waals surface area contributed by atoms with Crippen LogP contribution in [-0.4, -0.2) is 22.8 Å². The number of aromatic nitrogens is 1. The minimum absolute atomic E-state index is 0.0518. The maximum absolute atomic E-state index is 12.2. The van der Waals surface area contributed by atoms with Gasteiger partial charge in [0.1, 0.15) is 0 Å². The molecule has 0 N–H and O–H groups in total. The quantitative estimate of drug-likeness (QED) is 0.814. The number of hydrogen-bond acceptors (Lipinski definition) is 2. The summed E-state index contributed by atoms with van der Waals surface area (Å²) in [5, 5.41) is 0.565. The van der Waals surface area contributed by atoms with Gasteiger partial charge >= 0.3 is 0 Å². The predicted octanol–water partition coefficient (Wildman–Crippen LogP) is 2.45. The summed E-state index contributed by atoms with van der Waals surface area (Å²) in [4.78, 5) is 25.8. The van der Waals surface area contributed by atoms with Crippen LogP contribution in [0.3, 0.4) is 0 Å². The molecule has 5 heteroatoms. The summed E-state index contributed by atoms with van der Waals surface area (Å²) in [5.74, 6) is -0.140. The molecule has 2 aromatic rings. The van der Waals surface area contributed by atoms with Gasteiger partial charge in [-0.05, 0) is 23.8 Å². The van der Waals surface area contributed by atoms with Crippen molar-refractivity contribution in [3.63, 3.8) is 0 Å². The molecule has 1 amide bonds. The summed E-state index contributed by atoms with van der Waals surface area (Å²) in [6.07, 6.45) is 3.89. The number of amides is 1. The van der Waals surface area contributed by atoms with Crippen molar-refractivity contribution in [1.82, 2.24) is 4.57 Å². The molecule has 0 saturated heterocycles. The SMILES string of the molecule is Cn1ccc(C(=O)CN2C(=O)Cc3ccc(Cl)cc32)c1. The zero-order valence-electron chi connectivity index (χ0n) is 11.0. The third-order valence-corrected chi connectivity index (χ3v) is 3.67. The Balaban J connectivity index is 1.87. The number of halogens is 1. The number of carbonyl (C=O) groups excluding carboxylic acids is 2. The van der Waals surface area contributed by atoms with Crippen LogP contribution in [0.5, 0.6) is 0 Å². The van der Waals surface area contributed by atoms with Gasteiger partial charge in [0.15, 0.2) is 5.78 Å². The van der Waals surface area contributed by atoms with Crippen molar-refractivity contribution >= 4 is 29.0 Å². The Labute approximate surface area is 121 Å². The molecule has 0 atom stereocenters. The summed E-state index contributed by atoms with van der Waals surface area (Å²) < 4.78 is 1.81. The highest BCUT2D eigenvalue weighted by atomic mass is 35.5. The Morgan fingerprint density at radius 3 is 2.85 bits per heavy atom. The van der Waals surface area contributed by atoms with Crippen LogP contribution in [0.15, 0.2) is 36.7 Å². The standard InChI is InChI=1S/C15H13ClN2O2/c1-17-5-4-11(8-17)14(19)9-18-13-7-12(16)3-2-10(13)6-15(18)20/h2-5,7-8H,6,9H2,1H3. The van der Waals surface area contributed by atoms with Crippen molar-refractivity contribution in [3.05, 3.63) is 52.8 Å². The van der Waals surface area contributed by atoms with E-state index in [4.69, 9.17) is 11.6 Å². The number of aryl methyl sites for hydroxylation is 1. The average Bonchev–Trinajstić information content (AvgIpc) is 2.95. The topological polar surface area (TPSA) is 42.3 Å². The molecule has 102 valence electrons. The fraction of sp³-hybridized carbons (Fsp3) is 0.200. The Bertz CT molecular complexity index is 706. The van der Waals surface area contributed by atoms with Crippen molar-refractivity contribution in [3.8, 4) is 0 Å². The van der Waals surface area contributed by atoms with Gasteiger partial charge < -0.3 is 9.47 Å². The first-order valence-electron chi connectivity index (χ1n) is 6.28. The number of rotatable bonds is 3. The molecule has 3 rings (SSSR count). The van der Waals surface area contributed by atoms with Crippen LogP contribution < -0.4 is 4.90 Å². The number of anilines is 1. The van der Waals surface area contributed by atoms with Crippen molar-refractivity contribution in [2.24, 2.45) is 7.05 Å². The number of fused-ring (bicyclic) bond motifs is 1. The number of Topliss-reactive ketones (excluding diaryl/α,β-unsaturated/α-hetero) is 1. The maximum Gasteiger partial charge on any atom is 0.231 e. The van der Waals surface area contributed by atoms with Gasteiger partial charge in [-0.3, -0.25) is 9.59 Å². The first-order chi connectivity index (χ1) is 9.54. The van der Waals surface area contributed by atoms with Crippen LogP contribution in [0, 0.1) is 0 Å². The second-order valence-corrected chi connectivity index (χ2v) is 5.35. The minimum atomic E-state index is -0.0771. The fourth-order valence-electron chi connectivity index (χ4n) is 2.41. The number of ketones is 1. The lowest BCUT2D eigenvalue weighted by molar-refractivity contribution is -0.117. The first-order valence-corrected chi connectivity index (χ1v) is 6.66. The summed E-state index contributed by atoms with van der Waals surface area (Å²) in [6, 6.07) is 7.08. The maximum atomic E-state index is 12.2. The Hall–Kier alpha value is -2.07. The lowest BCUT2D eigenvalue weighted by atomic mass is 10.1. The molecule has 2 heterocycles. The van der Waals surface area contributed by atoms with Crippen LogP contribution in [0.1, 0.15) is 15.9 Å². The van der Waals surface area contributed by atoms with E-state index in [1.54, 1.807) is 24.4 Å². The lowest BCUT2D eigenvalue weighted by Crippen LogP contribution is -2.32. The number of nitrogens with zero attached hydrogens (tertiary/aromatic N) is 2. The van der Waals surface area contributed by atoms with E-state index in [9.17, 15) is 9.59 Å². The highest BCUT2D eigenvalue weighted by Crippen LogP contribution is 2.31. The summed E-state index contributed by atoms with van der Waals surface area (Å²) in [5.41, 5.74) is 2.27. The van der Waals surface area contributed by atoms with E-state index in [0.717, 1.165) is 11.3 Å². The van der Waals surface area contributed by atoms with E-state index in [1.165, 1.54) is 4.90 Å². The largest absolute Gasteiger partial charge is 0.357 e. The van der Waals surface area contributed by atoms with E-state index in [-0.39, 0.29) is 18.2 Å². The fourth-order valence-corrected chi connectivity index (χ4v) is 2.57. The summed E-state index contributed by atoms with van der Waals surface area (Å²) in [6.45, 7) is 0.0518. The van der Waals surface area contributed by atoms with E-state index < -0.39 is 0 Å². The zero-order chi connectivity index (χ0) is 14.3. The van der Waals surface area contributed by atoms with Gasteiger partial charge in [0.2, 0.25) is 5.91 Å². The van der Waals surface area contributed by atoms with Crippen molar-refractivity contribution in [2.75, 3.05) is 11.4 Å². The van der Waals surface area contributed by atoms with Gasteiger partial charge in [-0.15, -0.1) is 0 Å². The van der Waals surface area contributed by atoms with Crippen molar-refractivity contribution in [1.29, 1.82) is 0 Å². The molecule has 0 spiro atoms. The normalized spacial score (nSPS) is 13.7. The zero-order valence-corrected chi connectivity index (χ0v) is 11.7. The molecule has 1 aromatic carbocycles. The third kappa shape index (κ3) is 2.23. The Kier molecular flexibility index (Phi) is 3.10. The van der Waals surface area contributed by atoms with Gasteiger partial charge in [-0.25, -0.2) is 0 Å². The molecule has 0 fully saturated rings. The van der Waals surface area contributed by atoms with Gasteiger partial charge in [0, 0.05) is 35.7 Å². The summed E-state index contributed by atoms with van der Waals surface area (Å²) in [7, 11) is 1.85. The number of carbonyl (C=O) groups is 2. The van der Waals surface area contributed by atoms with Crippen LogP contribution in [0.2, 0.25) is 5.02 Å². The van der Waals surface area contributed by atoms with Gasteiger partial charge in [-0.1, -0.05) is 17.7 Å². The van der Waals surface area contributed by atoms with Crippen molar-refractivity contribution < 1.29 is 9.59 Å². The number of benzene rings is 1. The van der Waals surface area contributed by atoms with Crippen molar-refractivity contribution in [2.45, 2.75) is 6.42 Å². The molecule has 0 bridgehead atoms. The molecule has 0 unspecified atom stereocenters. The van der Waals surface area contributed by atoms with Crippen LogP contribution >= 0.6 is 11.6 Å². The number of hydrogen-bond donors (Lipinski definition) is 0. The summed E-state index contributed by atoms with van der Waals surface area (Å²) >= 11 is 5.97. The first kappa shape index (κ1) is 12.9. The molecule has 20 heavy (non-hydrogen) atoms. The molecule has 1 aliphatic heterocycles. The Morgan fingerprint density at radius 1 is 1.35 bits per heavy atom. The van der Waals surface area contributed by atoms with Crippen LogP contribution in [0.25, 0.3) is 0 Å². The third-order valence-electron chi connectivity index (χ3n) is 3.44. The highest BCUT2D eigenvalue weighted by Gasteiger charge is 2.29. The molecular weight excluding hydrogens is 276 g/mol. The van der Waals surface area contributed by atoms with E-state index in [0.29, 0.717) is 17.0 Å². The Morgan fingerprint density at radius 2 is 2.15 bits per heavy atom. The van der Waals surface area contributed by atoms with Crippen LogP contribution in [0.4, 0.5) is 5.69 Å². The highest BCUT2D eigenvalue weighted by molar-refractivity contribution is 6.31. The minimum Gasteiger partial charge on any atom is -0.357 e.